The van der Waals surface area contributed by atoms with Crippen molar-refractivity contribution in [2.75, 3.05) is 20.2 Å². The molecule has 0 aromatic rings. The van der Waals surface area contributed by atoms with E-state index in [1.807, 2.05) is 6.92 Å². The van der Waals surface area contributed by atoms with Gasteiger partial charge in [0.15, 0.2) is 0 Å². The first-order valence-electron chi connectivity index (χ1n) is 2.77. The molecule has 0 aromatic heterocycles. The lowest BCUT2D eigenvalue weighted by atomic mass is 10.6. The number of methoxy groups -OCH3 is 1. The molecular weight excluding hydrogens is 120 g/mol. The molecule has 0 rings (SSSR count). The topological polar surface area (TPSA) is 55.6 Å². The molecule has 2 N–H and O–H groups in total. The highest BCUT2D eigenvalue weighted by molar-refractivity contribution is 5.71. The number of esters is 1. The number of ether oxygens (including phenoxy) is 1. The fourth-order valence-corrected chi connectivity index (χ4v) is 0.342. The van der Waals surface area contributed by atoms with Crippen LogP contribution in [-0.4, -0.2) is 31.2 Å². The maximum absolute atomic E-state index is 10.4. The van der Waals surface area contributed by atoms with Gasteiger partial charge in [-0.05, 0) is 0 Å². The molecule has 0 unspecified atom stereocenters. The van der Waals surface area contributed by atoms with Crippen LogP contribution < -0.4 is 5.84 Å². The Balaban J connectivity index is 3.34. The van der Waals surface area contributed by atoms with E-state index < -0.39 is 0 Å². The van der Waals surface area contributed by atoms with Gasteiger partial charge in [-0.3, -0.25) is 10.6 Å². The van der Waals surface area contributed by atoms with Crippen LogP contribution in [0.15, 0.2) is 0 Å². The maximum Gasteiger partial charge on any atom is 0.321 e. The lowest BCUT2D eigenvalue weighted by Gasteiger charge is -2.10. The summed E-state index contributed by atoms with van der Waals surface area (Å²) in [5, 5.41) is 1.38. The zero-order valence-electron chi connectivity index (χ0n) is 5.76. The van der Waals surface area contributed by atoms with E-state index in [1.54, 1.807) is 0 Å². The minimum atomic E-state index is -0.306. The number of carbonyl (C=O) groups is 1. The Hall–Kier alpha value is -0.610. The summed E-state index contributed by atoms with van der Waals surface area (Å²) in [5.74, 6) is 4.98. The molecule has 0 radical (unpaired) electrons. The van der Waals surface area contributed by atoms with E-state index in [0.29, 0.717) is 6.54 Å². The van der Waals surface area contributed by atoms with Crippen molar-refractivity contribution >= 4 is 5.97 Å². The molecule has 0 heterocycles. The van der Waals surface area contributed by atoms with Crippen molar-refractivity contribution in [1.29, 1.82) is 0 Å². The molecule has 0 aliphatic heterocycles. The highest BCUT2D eigenvalue weighted by Gasteiger charge is 2.02. The Bertz CT molecular complexity index is 95.0. The van der Waals surface area contributed by atoms with Crippen molar-refractivity contribution in [3.63, 3.8) is 0 Å². The SMILES string of the molecule is CCN(N)CC(=O)OC. The van der Waals surface area contributed by atoms with E-state index in [-0.39, 0.29) is 12.5 Å². The van der Waals surface area contributed by atoms with Crippen molar-refractivity contribution in [2.45, 2.75) is 6.92 Å². The van der Waals surface area contributed by atoms with Gasteiger partial charge in [-0.15, -0.1) is 0 Å². The third-order valence-corrected chi connectivity index (χ3v) is 0.966. The van der Waals surface area contributed by atoms with Crippen LogP contribution in [0.1, 0.15) is 6.92 Å². The third kappa shape index (κ3) is 3.93. The highest BCUT2D eigenvalue weighted by atomic mass is 16.5. The molecule has 0 saturated heterocycles. The van der Waals surface area contributed by atoms with Crippen molar-refractivity contribution in [1.82, 2.24) is 5.01 Å². The molecule has 0 atom stereocenters. The van der Waals surface area contributed by atoms with Gasteiger partial charge in [-0.25, -0.2) is 5.01 Å². The van der Waals surface area contributed by atoms with Crippen LogP contribution in [0.3, 0.4) is 0 Å². The van der Waals surface area contributed by atoms with E-state index in [2.05, 4.69) is 4.74 Å². The summed E-state index contributed by atoms with van der Waals surface area (Å²) < 4.78 is 4.36. The number of nitrogens with zero attached hydrogens (tertiary/aromatic N) is 1. The molecule has 0 saturated carbocycles. The number of hydrazine groups is 1. The molecule has 4 nitrogen and oxygen atoms in total. The summed E-state index contributed by atoms with van der Waals surface area (Å²) in [5.41, 5.74) is 0. The predicted octanol–water partition coefficient (Wildman–Crippen LogP) is -0.645. The van der Waals surface area contributed by atoms with Crippen LogP contribution in [0, 0.1) is 0 Å². The second-order valence-corrected chi connectivity index (χ2v) is 1.64. The summed E-state index contributed by atoms with van der Waals surface area (Å²) >= 11 is 0. The van der Waals surface area contributed by atoms with Crippen LogP contribution in [0.5, 0.6) is 0 Å². The standard InChI is InChI=1S/C5H12N2O2/c1-3-7(6)4-5(8)9-2/h3-4,6H2,1-2H3. The molecule has 0 spiro atoms. The molecule has 54 valence electrons. The van der Waals surface area contributed by atoms with Crippen LogP contribution in [-0.2, 0) is 9.53 Å². The largest absolute Gasteiger partial charge is 0.468 e. The molecule has 9 heavy (non-hydrogen) atoms. The van der Waals surface area contributed by atoms with Crippen molar-refractivity contribution in [3.8, 4) is 0 Å². The lowest BCUT2D eigenvalue weighted by molar-refractivity contribution is -0.141. The van der Waals surface area contributed by atoms with Crippen LogP contribution in [0.4, 0.5) is 0 Å². The Labute approximate surface area is 54.5 Å². The second-order valence-electron chi connectivity index (χ2n) is 1.64. The molecule has 4 heteroatoms. The molecule has 0 bridgehead atoms. The number of hydrogen-bond acceptors (Lipinski definition) is 4. The lowest BCUT2D eigenvalue weighted by Crippen LogP contribution is -2.36. The Morgan fingerprint density at radius 1 is 1.78 bits per heavy atom. The van der Waals surface area contributed by atoms with E-state index in [9.17, 15) is 4.79 Å². The van der Waals surface area contributed by atoms with Gasteiger partial charge in [-0.2, -0.15) is 0 Å². The summed E-state index contributed by atoms with van der Waals surface area (Å²) in [6.07, 6.45) is 0. The Morgan fingerprint density at radius 2 is 2.33 bits per heavy atom. The van der Waals surface area contributed by atoms with E-state index in [1.165, 1.54) is 12.1 Å². The van der Waals surface area contributed by atoms with Crippen molar-refractivity contribution in [2.24, 2.45) is 5.84 Å². The number of hydrogen-bond donors (Lipinski definition) is 1. The third-order valence-electron chi connectivity index (χ3n) is 0.966. The summed E-state index contributed by atoms with van der Waals surface area (Å²) in [4.78, 5) is 10.4. The first kappa shape index (κ1) is 8.39. The van der Waals surface area contributed by atoms with Gasteiger partial charge in [0.2, 0.25) is 0 Å². The van der Waals surface area contributed by atoms with Gasteiger partial charge in [0.05, 0.1) is 7.11 Å². The highest BCUT2D eigenvalue weighted by Crippen LogP contribution is 1.77. The smallest absolute Gasteiger partial charge is 0.321 e. The van der Waals surface area contributed by atoms with Gasteiger partial charge < -0.3 is 4.74 Å². The van der Waals surface area contributed by atoms with Crippen molar-refractivity contribution < 1.29 is 9.53 Å². The van der Waals surface area contributed by atoms with Gasteiger partial charge >= 0.3 is 5.97 Å². The zero-order valence-corrected chi connectivity index (χ0v) is 5.76. The van der Waals surface area contributed by atoms with E-state index in [0.717, 1.165) is 0 Å². The number of likely N-dealkylation sites (N-methyl/N-ethyl adjacent to an activating group) is 1. The molecular formula is C5H12N2O2. The molecule has 0 aliphatic rings. The molecule has 0 amide bonds. The number of carbonyl (C=O) groups excluding carboxylic acids is 1. The van der Waals surface area contributed by atoms with Gasteiger partial charge in [0.1, 0.15) is 6.54 Å². The van der Waals surface area contributed by atoms with Crippen LogP contribution in [0.25, 0.3) is 0 Å². The summed E-state index contributed by atoms with van der Waals surface area (Å²) in [7, 11) is 1.34. The monoisotopic (exact) mass is 132 g/mol. The quantitative estimate of drug-likeness (QED) is 0.315. The van der Waals surface area contributed by atoms with Crippen LogP contribution in [0.2, 0.25) is 0 Å². The fraction of sp³-hybridized carbons (Fsp3) is 0.800. The number of rotatable bonds is 3. The number of nitrogens with two attached hydrogens (primary N) is 1. The average Bonchev–Trinajstić information content (AvgIpc) is 1.87. The molecule has 0 aliphatic carbocycles. The fourth-order valence-electron chi connectivity index (χ4n) is 0.342. The maximum atomic E-state index is 10.4. The average molecular weight is 132 g/mol. The van der Waals surface area contributed by atoms with E-state index >= 15 is 0 Å². The van der Waals surface area contributed by atoms with Crippen molar-refractivity contribution in [3.05, 3.63) is 0 Å². The van der Waals surface area contributed by atoms with Gasteiger partial charge in [0, 0.05) is 6.54 Å². The minimum absolute atomic E-state index is 0.160. The Kier molecular flexibility index (Phi) is 4.00. The predicted molar refractivity (Wildman–Crippen MR) is 33.5 cm³/mol. The first-order chi connectivity index (χ1) is 4.20. The zero-order chi connectivity index (χ0) is 7.28. The molecule has 0 aromatic carbocycles. The first-order valence-corrected chi connectivity index (χ1v) is 2.77. The second kappa shape index (κ2) is 4.29. The summed E-state index contributed by atoms with van der Waals surface area (Å²) in [6, 6.07) is 0. The van der Waals surface area contributed by atoms with E-state index in [4.69, 9.17) is 5.84 Å². The molecule has 0 fully saturated rings. The van der Waals surface area contributed by atoms with Crippen LogP contribution >= 0.6 is 0 Å². The minimum Gasteiger partial charge on any atom is -0.468 e. The van der Waals surface area contributed by atoms with Gasteiger partial charge in [-0.1, -0.05) is 6.92 Å². The normalized spacial score (nSPS) is 9.78. The summed E-state index contributed by atoms with van der Waals surface area (Å²) in [6.45, 7) is 2.67. The Morgan fingerprint density at radius 3 is 2.67 bits per heavy atom. The van der Waals surface area contributed by atoms with Gasteiger partial charge in [0.25, 0.3) is 0 Å².